The SMILES string of the molecule is CC1(C)OB(c2ccc(OCCNC(=O)Nc3cccc(C(F)(F)F)c3)cc2)OC1(C)C. The topological polar surface area (TPSA) is 68.8 Å². The van der Waals surface area contributed by atoms with Gasteiger partial charge in [-0.1, -0.05) is 18.2 Å². The molecular formula is C22H26BF3N2O4. The number of amides is 2. The van der Waals surface area contributed by atoms with Crippen LogP contribution >= 0.6 is 0 Å². The van der Waals surface area contributed by atoms with E-state index >= 15 is 0 Å². The predicted octanol–water partition coefficient (Wildman–Crippen LogP) is 4.21. The Morgan fingerprint density at radius 2 is 1.66 bits per heavy atom. The van der Waals surface area contributed by atoms with Crippen molar-refractivity contribution < 1.29 is 32.0 Å². The van der Waals surface area contributed by atoms with E-state index in [2.05, 4.69) is 10.6 Å². The Morgan fingerprint density at radius 1 is 1.03 bits per heavy atom. The van der Waals surface area contributed by atoms with Gasteiger partial charge in [0.25, 0.3) is 0 Å². The molecule has 2 aromatic carbocycles. The van der Waals surface area contributed by atoms with Gasteiger partial charge in [0.05, 0.1) is 23.3 Å². The standard InChI is InChI=1S/C22H26BF3N2O4/c1-20(2)21(3,4)32-23(31-20)16-8-10-18(11-9-16)30-13-12-27-19(29)28-17-7-5-6-15(14-17)22(24,25)26/h5-11,14H,12-13H2,1-4H3,(H2,27,28,29). The molecule has 1 heterocycles. The highest BCUT2D eigenvalue weighted by Gasteiger charge is 2.51. The summed E-state index contributed by atoms with van der Waals surface area (Å²) >= 11 is 0. The number of nitrogens with one attached hydrogen (secondary N) is 2. The van der Waals surface area contributed by atoms with Crippen LogP contribution in [0.25, 0.3) is 0 Å². The molecule has 0 atom stereocenters. The maximum Gasteiger partial charge on any atom is 0.494 e. The van der Waals surface area contributed by atoms with E-state index < -0.39 is 36.1 Å². The fourth-order valence-electron chi connectivity index (χ4n) is 2.98. The molecule has 3 rings (SSSR count). The zero-order valence-electron chi connectivity index (χ0n) is 18.4. The van der Waals surface area contributed by atoms with Gasteiger partial charge in [0.2, 0.25) is 0 Å². The van der Waals surface area contributed by atoms with Crippen LogP contribution in [-0.4, -0.2) is 37.5 Å². The van der Waals surface area contributed by atoms with E-state index in [4.69, 9.17) is 14.0 Å². The van der Waals surface area contributed by atoms with Gasteiger partial charge >= 0.3 is 19.3 Å². The quantitative estimate of drug-likeness (QED) is 0.512. The lowest BCUT2D eigenvalue weighted by Gasteiger charge is -2.32. The lowest BCUT2D eigenvalue weighted by Crippen LogP contribution is -2.41. The molecule has 1 aliphatic heterocycles. The van der Waals surface area contributed by atoms with Crippen molar-refractivity contribution in [2.24, 2.45) is 0 Å². The van der Waals surface area contributed by atoms with Crippen LogP contribution in [0.1, 0.15) is 33.3 Å². The molecule has 0 aliphatic carbocycles. The molecule has 0 bridgehead atoms. The van der Waals surface area contributed by atoms with E-state index in [0.717, 1.165) is 17.6 Å². The van der Waals surface area contributed by atoms with E-state index in [1.165, 1.54) is 12.1 Å². The summed E-state index contributed by atoms with van der Waals surface area (Å²) < 4.78 is 55.8. The third-order valence-electron chi connectivity index (χ3n) is 5.51. The fraction of sp³-hybridized carbons (Fsp3) is 0.409. The Kier molecular flexibility index (Phi) is 6.76. The van der Waals surface area contributed by atoms with E-state index in [1.54, 1.807) is 12.1 Å². The smallest absolute Gasteiger partial charge is 0.492 e. The number of urea groups is 1. The second kappa shape index (κ2) is 9.03. The summed E-state index contributed by atoms with van der Waals surface area (Å²) in [6.45, 7) is 8.30. The molecule has 1 saturated heterocycles. The monoisotopic (exact) mass is 450 g/mol. The fourth-order valence-corrected chi connectivity index (χ4v) is 2.98. The minimum atomic E-state index is -4.47. The Balaban J connectivity index is 1.43. The van der Waals surface area contributed by atoms with Gasteiger partial charge in [-0.05, 0) is 63.5 Å². The number of benzene rings is 2. The molecular weight excluding hydrogens is 424 g/mol. The van der Waals surface area contributed by atoms with E-state index in [0.29, 0.717) is 5.75 Å². The number of hydrogen-bond donors (Lipinski definition) is 2. The number of ether oxygens (including phenoxy) is 1. The third kappa shape index (κ3) is 5.74. The Labute approximate surface area is 185 Å². The molecule has 0 radical (unpaired) electrons. The van der Waals surface area contributed by atoms with Crippen molar-refractivity contribution in [2.75, 3.05) is 18.5 Å². The van der Waals surface area contributed by atoms with Crippen molar-refractivity contribution in [1.82, 2.24) is 5.32 Å². The number of alkyl halides is 3. The maximum atomic E-state index is 12.7. The lowest BCUT2D eigenvalue weighted by atomic mass is 9.79. The van der Waals surface area contributed by atoms with Crippen LogP contribution in [0.5, 0.6) is 5.75 Å². The zero-order valence-corrected chi connectivity index (χ0v) is 18.4. The average molecular weight is 450 g/mol. The van der Waals surface area contributed by atoms with Crippen LogP contribution in [-0.2, 0) is 15.5 Å². The molecule has 0 unspecified atom stereocenters. The predicted molar refractivity (Wildman–Crippen MR) is 116 cm³/mol. The first kappa shape index (κ1) is 23.9. The van der Waals surface area contributed by atoms with E-state index in [1.807, 2.05) is 39.8 Å². The maximum absolute atomic E-state index is 12.7. The number of anilines is 1. The van der Waals surface area contributed by atoms with Gasteiger partial charge in [0.15, 0.2) is 0 Å². The Morgan fingerprint density at radius 3 is 2.25 bits per heavy atom. The third-order valence-corrected chi connectivity index (χ3v) is 5.51. The largest absolute Gasteiger partial charge is 0.494 e. The van der Waals surface area contributed by atoms with Crippen molar-refractivity contribution in [3.05, 3.63) is 54.1 Å². The first-order valence-electron chi connectivity index (χ1n) is 10.2. The first-order valence-corrected chi connectivity index (χ1v) is 10.2. The minimum absolute atomic E-state index is 0.0523. The number of carbonyl (C=O) groups is 1. The highest BCUT2D eigenvalue weighted by atomic mass is 19.4. The van der Waals surface area contributed by atoms with Crippen LogP contribution in [0.15, 0.2) is 48.5 Å². The van der Waals surface area contributed by atoms with Crippen molar-refractivity contribution in [3.63, 3.8) is 0 Å². The van der Waals surface area contributed by atoms with E-state index in [-0.39, 0.29) is 18.8 Å². The van der Waals surface area contributed by atoms with Gasteiger partial charge < -0.3 is 24.7 Å². The number of hydrogen-bond acceptors (Lipinski definition) is 4. The lowest BCUT2D eigenvalue weighted by molar-refractivity contribution is -0.137. The summed E-state index contributed by atoms with van der Waals surface area (Å²) in [5.41, 5.74) is -0.756. The van der Waals surface area contributed by atoms with Gasteiger partial charge in [-0.15, -0.1) is 0 Å². The second-order valence-electron chi connectivity index (χ2n) is 8.47. The van der Waals surface area contributed by atoms with Crippen molar-refractivity contribution in [3.8, 4) is 5.75 Å². The number of carbonyl (C=O) groups excluding carboxylic acids is 1. The summed E-state index contributed by atoms with van der Waals surface area (Å²) in [5.74, 6) is 0.602. The molecule has 6 nitrogen and oxygen atoms in total. The molecule has 2 N–H and O–H groups in total. The molecule has 2 aromatic rings. The van der Waals surface area contributed by atoms with E-state index in [9.17, 15) is 18.0 Å². The normalized spacial score (nSPS) is 17.2. The summed E-state index contributed by atoms with van der Waals surface area (Å²) in [6, 6.07) is 11.1. The van der Waals surface area contributed by atoms with Gasteiger partial charge in [0, 0.05) is 5.69 Å². The van der Waals surface area contributed by atoms with Gasteiger partial charge in [-0.2, -0.15) is 13.2 Å². The van der Waals surface area contributed by atoms with Crippen LogP contribution < -0.4 is 20.8 Å². The summed E-state index contributed by atoms with van der Waals surface area (Å²) in [4.78, 5) is 11.9. The Hall–Kier alpha value is -2.72. The molecule has 1 aliphatic rings. The minimum Gasteiger partial charge on any atom is -0.492 e. The molecule has 0 spiro atoms. The molecule has 172 valence electrons. The zero-order chi connectivity index (χ0) is 23.6. The molecule has 1 fully saturated rings. The molecule has 32 heavy (non-hydrogen) atoms. The van der Waals surface area contributed by atoms with Crippen molar-refractivity contribution >= 4 is 24.3 Å². The number of halogens is 3. The molecule has 10 heteroatoms. The molecule has 2 amide bonds. The van der Waals surface area contributed by atoms with Gasteiger partial charge in [0.1, 0.15) is 12.4 Å². The second-order valence-corrected chi connectivity index (χ2v) is 8.47. The van der Waals surface area contributed by atoms with Crippen LogP contribution in [0.2, 0.25) is 0 Å². The summed E-state index contributed by atoms with van der Waals surface area (Å²) in [7, 11) is -0.463. The molecule has 0 saturated carbocycles. The summed E-state index contributed by atoms with van der Waals surface area (Å²) in [6.07, 6.45) is -4.47. The average Bonchev–Trinajstić information content (AvgIpc) is 2.92. The summed E-state index contributed by atoms with van der Waals surface area (Å²) in [5, 5.41) is 4.91. The van der Waals surface area contributed by atoms with Gasteiger partial charge in [-0.3, -0.25) is 0 Å². The highest BCUT2D eigenvalue weighted by Crippen LogP contribution is 2.36. The van der Waals surface area contributed by atoms with Crippen LogP contribution in [0.3, 0.4) is 0 Å². The van der Waals surface area contributed by atoms with Crippen LogP contribution in [0, 0.1) is 0 Å². The van der Waals surface area contributed by atoms with Crippen LogP contribution in [0.4, 0.5) is 23.7 Å². The van der Waals surface area contributed by atoms with Gasteiger partial charge in [-0.25, -0.2) is 4.79 Å². The first-order chi connectivity index (χ1) is 14.9. The van der Waals surface area contributed by atoms with Crippen molar-refractivity contribution in [1.29, 1.82) is 0 Å². The Bertz CT molecular complexity index is 933. The number of rotatable bonds is 6. The molecule has 0 aromatic heterocycles. The van der Waals surface area contributed by atoms with Crippen molar-refractivity contribution in [2.45, 2.75) is 45.1 Å². The highest BCUT2D eigenvalue weighted by molar-refractivity contribution is 6.62.